The number of aliphatic carboxylic acids is 2. The molecule has 296 valence electrons. The van der Waals surface area contributed by atoms with E-state index in [4.69, 9.17) is 31.3 Å². The summed E-state index contributed by atoms with van der Waals surface area (Å²) in [5.41, 5.74) is 11.7. The Morgan fingerprint density at radius 2 is 0.891 bits per heavy atom. The number of carbonyl (C=O) groups is 5. The van der Waals surface area contributed by atoms with Crippen LogP contribution >= 0.6 is 0 Å². The zero-order chi connectivity index (χ0) is 41.0. The number of rotatable bonds is 12. The van der Waals surface area contributed by atoms with Crippen molar-refractivity contribution in [3.8, 4) is 0 Å². The zero-order valence-corrected chi connectivity index (χ0v) is 29.4. The number of carboxylic acids is 2. The van der Waals surface area contributed by atoms with E-state index in [1.54, 1.807) is 0 Å². The molecule has 4 aromatic carbocycles. The number of carboxylic acid groups (broad SMARTS) is 2. The molecule has 0 aromatic heterocycles. The Bertz CT molecular complexity index is 1850. The SMILES string of the molecule is NCCCCN1C(=O)N(CCCCN)C(=O)C(Cc2ccc3ccccc3c2)(Cc2ccc3ccccc3c2)C1=O.O=C(O)C(F)(F)F.O=C(O)C(F)(F)F. The van der Waals surface area contributed by atoms with Crippen molar-refractivity contribution in [2.45, 2.75) is 50.9 Å². The Labute approximate surface area is 311 Å². The van der Waals surface area contributed by atoms with Gasteiger partial charge in [0, 0.05) is 13.1 Å². The predicted molar refractivity (Wildman–Crippen MR) is 191 cm³/mol. The molecule has 1 aliphatic rings. The highest BCUT2D eigenvalue weighted by Crippen LogP contribution is 2.38. The number of urea groups is 1. The van der Waals surface area contributed by atoms with Crippen LogP contribution in [0.2, 0.25) is 0 Å². The molecule has 1 saturated heterocycles. The van der Waals surface area contributed by atoms with Gasteiger partial charge in [-0.1, -0.05) is 84.9 Å². The molecule has 0 bridgehead atoms. The number of fused-ring (bicyclic) bond motifs is 2. The van der Waals surface area contributed by atoms with E-state index in [0.717, 1.165) is 32.7 Å². The molecule has 0 aliphatic carbocycles. The summed E-state index contributed by atoms with van der Waals surface area (Å²) in [6.07, 6.45) is -7.25. The summed E-state index contributed by atoms with van der Waals surface area (Å²) in [6.45, 7) is 1.39. The average molecular weight is 779 g/mol. The number of nitrogens with zero attached hydrogens (tertiary/aromatic N) is 2. The summed E-state index contributed by atoms with van der Waals surface area (Å²) in [4.78, 5) is 63.0. The van der Waals surface area contributed by atoms with Gasteiger partial charge in [0.05, 0.1) is 0 Å². The maximum absolute atomic E-state index is 14.5. The monoisotopic (exact) mass is 778 g/mol. The van der Waals surface area contributed by atoms with Crippen LogP contribution in [-0.4, -0.2) is 88.3 Å². The summed E-state index contributed by atoms with van der Waals surface area (Å²) in [5, 5.41) is 18.5. The van der Waals surface area contributed by atoms with Crippen molar-refractivity contribution in [1.29, 1.82) is 0 Å². The van der Waals surface area contributed by atoms with Crippen LogP contribution in [0.4, 0.5) is 31.1 Å². The van der Waals surface area contributed by atoms with Gasteiger partial charge in [-0.05, 0) is 84.3 Å². The molecule has 5 rings (SSSR count). The first-order valence-electron chi connectivity index (χ1n) is 17.0. The lowest BCUT2D eigenvalue weighted by Crippen LogP contribution is -2.66. The van der Waals surface area contributed by atoms with E-state index >= 15 is 0 Å². The van der Waals surface area contributed by atoms with Gasteiger partial charge < -0.3 is 21.7 Å². The van der Waals surface area contributed by atoms with Crippen LogP contribution in [0, 0.1) is 5.41 Å². The maximum Gasteiger partial charge on any atom is 0.490 e. The molecule has 0 saturated carbocycles. The summed E-state index contributed by atoms with van der Waals surface area (Å²) < 4.78 is 63.5. The van der Waals surface area contributed by atoms with Crippen molar-refractivity contribution >= 4 is 51.3 Å². The van der Waals surface area contributed by atoms with Gasteiger partial charge in [0.15, 0.2) is 0 Å². The minimum Gasteiger partial charge on any atom is -0.475 e. The summed E-state index contributed by atoms with van der Waals surface area (Å²) in [5.74, 6) is -6.37. The number of imide groups is 2. The third kappa shape index (κ3) is 11.7. The Balaban J connectivity index is 0.000000494. The van der Waals surface area contributed by atoms with E-state index in [0.29, 0.717) is 38.8 Å². The quantitative estimate of drug-likeness (QED) is 0.0728. The lowest BCUT2D eigenvalue weighted by Gasteiger charge is -2.44. The normalized spacial score (nSPS) is 14.3. The molecule has 55 heavy (non-hydrogen) atoms. The van der Waals surface area contributed by atoms with Gasteiger partial charge in [-0.2, -0.15) is 26.3 Å². The molecule has 0 atom stereocenters. The second-order valence-electron chi connectivity index (χ2n) is 12.6. The third-order valence-electron chi connectivity index (χ3n) is 8.57. The highest BCUT2D eigenvalue weighted by Gasteiger charge is 2.57. The lowest BCUT2D eigenvalue weighted by molar-refractivity contribution is -0.193. The van der Waals surface area contributed by atoms with Crippen molar-refractivity contribution in [3.63, 3.8) is 0 Å². The van der Waals surface area contributed by atoms with Crippen molar-refractivity contribution in [3.05, 3.63) is 96.1 Å². The fourth-order valence-electron chi connectivity index (χ4n) is 5.91. The van der Waals surface area contributed by atoms with Crippen LogP contribution in [0.3, 0.4) is 0 Å². The highest BCUT2D eigenvalue weighted by atomic mass is 19.4. The van der Waals surface area contributed by atoms with E-state index < -0.39 is 47.6 Å². The van der Waals surface area contributed by atoms with Gasteiger partial charge in [-0.25, -0.2) is 14.4 Å². The summed E-state index contributed by atoms with van der Waals surface area (Å²) in [7, 11) is 0. The van der Waals surface area contributed by atoms with Gasteiger partial charge in [0.1, 0.15) is 5.41 Å². The van der Waals surface area contributed by atoms with Crippen LogP contribution in [0.1, 0.15) is 36.8 Å². The van der Waals surface area contributed by atoms with Gasteiger partial charge in [0.25, 0.3) is 0 Å². The Hall–Kier alpha value is -5.55. The number of hydrogen-bond acceptors (Lipinski definition) is 7. The number of amides is 4. The van der Waals surface area contributed by atoms with Crippen molar-refractivity contribution in [2.24, 2.45) is 16.9 Å². The largest absolute Gasteiger partial charge is 0.490 e. The maximum atomic E-state index is 14.5. The number of halogens is 6. The standard InChI is InChI=1S/C34H38N4O3.2C2HF3O2/c35-17-5-7-19-37-31(39)34(32(40)38(33(37)41)20-8-6-18-36,23-25-13-15-27-9-1-3-11-29(27)21-25)24-26-14-16-28-10-2-4-12-30(28)22-26;2*3-2(4,5)1(6)7/h1-4,9-16,21-22H,5-8,17-20,23-24,35-36H2;2*(H,6,7). The van der Waals surface area contributed by atoms with Crippen molar-refractivity contribution in [1.82, 2.24) is 9.80 Å². The Morgan fingerprint density at radius 1 is 0.564 bits per heavy atom. The molecular weight excluding hydrogens is 738 g/mol. The van der Waals surface area contributed by atoms with E-state index in [2.05, 4.69) is 0 Å². The number of nitrogens with two attached hydrogens (primary N) is 2. The van der Waals surface area contributed by atoms with E-state index in [-0.39, 0.29) is 25.9 Å². The summed E-state index contributed by atoms with van der Waals surface area (Å²) in [6, 6.07) is 27.6. The molecule has 1 heterocycles. The van der Waals surface area contributed by atoms with E-state index in [1.807, 2.05) is 84.9 Å². The summed E-state index contributed by atoms with van der Waals surface area (Å²) >= 11 is 0. The van der Waals surface area contributed by atoms with Crippen LogP contribution in [0.5, 0.6) is 0 Å². The van der Waals surface area contributed by atoms with Crippen molar-refractivity contribution in [2.75, 3.05) is 26.2 Å². The fraction of sp³-hybridized carbons (Fsp3) is 0.342. The van der Waals surface area contributed by atoms with Gasteiger partial charge in [-0.3, -0.25) is 19.4 Å². The number of benzene rings is 4. The van der Waals surface area contributed by atoms with Crippen LogP contribution in [0.15, 0.2) is 84.9 Å². The van der Waals surface area contributed by atoms with Gasteiger partial charge in [-0.15, -0.1) is 0 Å². The molecule has 1 aliphatic heterocycles. The van der Waals surface area contributed by atoms with Crippen molar-refractivity contribution < 1.29 is 60.5 Å². The molecular formula is C38H40F6N4O7. The average Bonchev–Trinajstić information content (AvgIpc) is 3.13. The van der Waals surface area contributed by atoms with Crippen LogP contribution < -0.4 is 11.5 Å². The smallest absolute Gasteiger partial charge is 0.475 e. The Kier molecular flexibility index (Phi) is 15.3. The highest BCUT2D eigenvalue weighted by molar-refractivity contribution is 6.19. The van der Waals surface area contributed by atoms with E-state index in [9.17, 15) is 40.7 Å². The number of carbonyl (C=O) groups excluding carboxylic acids is 3. The molecule has 1 fully saturated rings. The molecule has 11 nitrogen and oxygen atoms in total. The van der Waals surface area contributed by atoms with Crippen LogP contribution in [0.25, 0.3) is 21.5 Å². The molecule has 17 heteroatoms. The first-order valence-corrected chi connectivity index (χ1v) is 17.0. The number of barbiturate groups is 1. The lowest BCUT2D eigenvalue weighted by atomic mass is 9.72. The second-order valence-corrected chi connectivity index (χ2v) is 12.6. The van der Waals surface area contributed by atoms with Gasteiger partial charge >= 0.3 is 30.3 Å². The minimum absolute atomic E-state index is 0.191. The Morgan fingerprint density at radius 3 is 1.20 bits per heavy atom. The third-order valence-corrected chi connectivity index (χ3v) is 8.57. The molecule has 0 radical (unpaired) electrons. The van der Waals surface area contributed by atoms with Gasteiger partial charge in [0.2, 0.25) is 11.8 Å². The second kappa shape index (κ2) is 19.2. The molecule has 6 N–H and O–H groups in total. The first kappa shape index (κ1) is 43.9. The number of alkyl halides is 6. The fourth-order valence-corrected chi connectivity index (χ4v) is 5.91. The molecule has 4 amide bonds. The van der Waals surface area contributed by atoms with E-state index in [1.165, 1.54) is 9.80 Å². The molecule has 0 spiro atoms. The number of unbranched alkanes of at least 4 members (excludes halogenated alkanes) is 2. The van der Waals surface area contributed by atoms with Crippen LogP contribution in [-0.2, 0) is 32.0 Å². The zero-order valence-electron chi connectivity index (χ0n) is 29.4. The number of hydrogen-bond donors (Lipinski definition) is 4. The molecule has 0 unspecified atom stereocenters. The first-order chi connectivity index (χ1) is 25.8. The molecule has 4 aromatic rings. The topological polar surface area (TPSA) is 184 Å². The minimum atomic E-state index is -5.08. The predicted octanol–water partition coefficient (Wildman–Crippen LogP) is 6.30.